The van der Waals surface area contributed by atoms with Crippen LogP contribution < -0.4 is 0 Å². The van der Waals surface area contributed by atoms with Crippen LogP contribution >= 0.6 is 0 Å². The van der Waals surface area contributed by atoms with E-state index in [-0.39, 0.29) is 12.6 Å². The molecule has 258 valence electrons. The Kier molecular flexibility index (Phi) is 15.1. The van der Waals surface area contributed by atoms with E-state index >= 15 is 0 Å². The zero-order valence-corrected chi connectivity index (χ0v) is 29.6. The van der Waals surface area contributed by atoms with Crippen LogP contribution in [0.3, 0.4) is 0 Å². The summed E-state index contributed by atoms with van der Waals surface area (Å²) in [5, 5.41) is 0. The van der Waals surface area contributed by atoms with Crippen molar-refractivity contribution in [3.63, 3.8) is 0 Å². The molecule has 2 aliphatic carbocycles. The van der Waals surface area contributed by atoms with E-state index in [1.165, 1.54) is 120 Å². The van der Waals surface area contributed by atoms with E-state index in [0.29, 0.717) is 18.1 Å². The normalized spacial score (nSPS) is 17.4. The molecule has 0 saturated heterocycles. The third kappa shape index (κ3) is 11.3. The molecule has 0 aromatic heterocycles. The van der Waals surface area contributed by atoms with Gasteiger partial charge in [-0.25, -0.2) is 14.6 Å². The molecule has 5 rings (SSSR count). The van der Waals surface area contributed by atoms with Gasteiger partial charge in [-0.1, -0.05) is 126 Å². The van der Waals surface area contributed by atoms with E-state index in [9.17, 15) is 4.79 Å². The van der Waals surface area contributed by atoms with Crippen LogP contribution in [-0.2, 0) is 21.1 Å². The lowest BCUT2D eigenvalue weighted by Gasteiger charge is -2.28. The maximum absolute atomic E-state index is 13.0. The molecule has 2 saturated carbocycles. The van der Waals surface area contributed by atoms with Gasteiger partial charge in [0.1, 0.15) is 13.2 Å². The van der Waals surface area contributed by atoms with Crippen molar-refractivity contribution in [2.24, 2.45) is 5.92 Å². The Bertz CT molecular complexity index is 1300. The zero-order valence-electron chi connectivity index (χ0n) is 29.6. The van der Waals surface area contributed by atoms with Crippen LogP contribution in [-0.4, -0.2) is 12.6 Å². The first-order valence-electron chi connectivity index (χ1n) is 19.0. The quantitative estimate of drug-likeness (QED) is 0.0595. The molecule has 1 unspecified atom stereocenters. The fourth-order valence-corrected chi connectivity index (χ4v) is 7.51. The molecule has 2 radical (unpaired) electrons. The largest absolute Gasteiger partial charge is 0.459 e. The van der Waals surface area contributed by atoms with Crippen LogP contribution in [0.15, 0.2) is 78.9 Å². The number of rotatable bonds is 18. The van der Waals surface area contributed by atoms with Crippen molar-refractivity contribution < 1.29 is 19.3 Å². The maximum Gasteiger partial charge on any atom is 0.338 e. The molecule has 1 atom stereocenters. The lowest BCUT2D eigenvalue weighted by Crippen LogP contribution is -2.17. The summed E-state index contributed by atoms with van der Waals surface area (Å²) in [7, 11) is 0. The standard InChI is InChI=1S/C44H58O4/c1-3-5-8-12-34-16-22-37(23-17-34)39-26-20-36(21-27-39)32-47-48-43(41-14-10-7-11-15-41)33-46-44(45)42-30-28-40(29-31-42)38-24-18-35(19-25-38)13-9-6-4-2/h7,10-11,14-15,20-21,26-31,35,37,43H,3-6,8-9,12-13,16-19,22-25,32-33H2,1-2H3. The molecule has 0 heterocycles. The predicted octanol–water partition coefficient (Wildman–Crippen LogP) is 12.2. The third-order valence-electron chi connectivity index (χ3n) is 10.7. The van der Waals surface area contributed by atoms with Gasteiger partial charge in [0, 0.05) is 5.92 Å². The minimum atomic E-state index is -0.526. The van der Waals surface area contributed by atoms with Crippen LogP contribution in [0.2, 0.25) is 0 Å². The Labute approximate surface area is 290 Å². The molecule has 0 amide bonds. The minimum Gasteiger partial charge on any atom is -0.459 e. The lowest BCUT2D eigenvalue weighted by atomic mass is 9.77. The summed E-state index contributed by atoms with van der Waals surface area (Å²) < 4.78 is 5.76. The van der Waals surface area contributed by atoms with Gasteiger partial charge in [0.15, 0.2) is 6.10 Å². The average Bonchev–Trinajstić information content (AvgIpc) is 3.14. The van der Waals surface area contributed by atoms with E-state index in [1.807, 2.05) is 42.5 Å². The third-order valence-corrected chi connectivity index (χ3v) is 10.7. The van der Waals surface area contributed by atoms with Crippen molar-refractivity contribution in [3.8, 4) is 0 Å². The van der Waals surface area contributed by atoms with Crippen LogP contribution in [0.1, 0.15) is 161 Å². The smallest absolute Gasteiger partial charge is 0.338 e. The van der Waals surface area contributed by atoms with E-state index in [0.717, 1.165) is 17.0 Å². The molecular formula is C44H58O4. The average molecular weight is 651 g/mol. The molecule has 0 N–H and O–H groups in total. The van der Waals surface area contributed by atoms with Gasteiger partial charge in [-0.05, 0) is 110 Å². The first kappa shape index (κ1) is 36.3. The summed E-state index contributed by atoms with van der Waals surface area (Å²) in [5.41, 5.74) is 5.21. The number of unbranched alkanes of at least 4 members (excludes halogenated alkanes) is 4. The van der Waals surface area contributed by atoms with Gasteiger partial charge in [-0.2, -0.15) is 0 Å². The number of esters is 1. The van der Waals surface area contributed by atoms with Crippen molar-refractivity contribution in [1.29, 1.82) is 0 Å². The molecule has 3 aromatic rings. The molecule has 2 aliphatic rings. The van der Waals surface area contributed by atoms with Gasteiger partial charge in [0.05, 0.1) is 5.56 Å². The van der Waals surface area contributed by atoms with Crippen molar-refractivity contribution in [1.82, 2.24) is 0 Å². The first-order valence-corrected chi connectivity index (χ1v) is 19.0. The molecule has 0 aliphatic heterocycles. The van der Waals surface area contributed by atoms with Crippen molar-refractivity contribution >= 4 is 5.97 Å². The Balaban J connectivity index is 1.06. The van der Waals surface area contributed by atoms with Gasteiger partial charge >= 0.3 is 5.97 Å². The molecule has 0 bridgehead atoms. The van der Waals surface area contributed by atoms with Crippen LogP contribution in [0.25, 0.3) is 0 Å². The second-order valence-electron chi connectivity index (χ2n) is 14.2. The van der Waals surface area contributed by atoms with Gasteiger partial charge in [0.2, 0.25) is 0 Å². The highest BCUT2D eigenvalue weighted by atomic mass is 17.2. The van der Waals surface area contributed by atoms with E-state index in [4.69, 9.17) is 14.5 Å². The summed E-state index contributed by atoms with van der Waals surface area (Å²) in [6.07, 6.45) is 20.2. The lowest BCUT2D eigenvalue weighted by molar-refractivity contribution is -0.340. The number of carbonyl (C=O) groups excluding carboxylic acids is 1. The van der Waals surface area contributed by atoms with Crippen LogP contribution in [0, 0.1) is 17.8 Å². The maximum atomic E-state index is 13.0. The summed E-state index contributed by atoms with van der Waals surface area (Å²) in [6.45, 7) is 4.95. The fourth-order valence-electron chi connectivity index (χ4n) is 7.51. The Morgan fingerprint density at radius 3 is 2.12 bits per heavy atom. The Morgan fingerprint density at radius 1 is 0.750 bits per heavy atom. The van der Waals surface area contributed by atoms with E-state index in [1.54, 1.807) is 5.92 Å². The minimum absolute atomic E-state index is 0.0689. The van der Waals surface area contributed by atoms with Crippen LogP contribution in [0.4, 0.5) is 0 Å². The SMILES string of the molecule is CCCCC[C]1CCC(c2ccc(COOC(COC(=O)c3ccc([C]4CCC(CCCCC)CC4)cc3)c3ccccc3)cc2)CC1. The molecular weight excluding hydrogens is 592 g/mol. The van der Waals surface area contributed by atoms with Gasteiger partial charge in [0.25, 0.3) is 0 Å². The predicted molar refractivity (Wildman–Crippen MR) is 195 cm³/mol. The molecule has 0 spiro atoms. The highest BCUT2D eigenvalue weighted by Gasteiger charge is 2.24. The second-order valence-corrected chi connectivity index (χ2v) is 14.2. The van der Waals surface area contributed by atoms with E-state index in [2.05, 4.69) is 50.2 Å². The molecule has 2 fully saturated rings. The van der Waals surface area contributed by atoms with Crippen molar-refractivity contribution in [2.45, 2.75) is 135 Å². The molecule has 4 nitrogen and oxygen atoms in total. The molecule has 48 heavy (non-hydrogen) atoms. The Morgan fingerprint density at radius 2 is 1.44 bits per heavy atom. The van der Waals surface area contributed by atoms with Crippen molar-refractivity contribution in [3.05, 3.63) is 119 Å². The number of benzene rings is 3. The topological polar surface area (TPSA) is 44.8 Å². The molecule has 3 aromatic carbocycles. The van der Waals surface area contributed by atoms with Gasteiger partial charge < -0.3 is 4.74 Å². The number of ether oxygens (including phenoxy) is 1. The Hall–Kier alpha value is -2.95. The zero-order chi connectivity index (χ0) is 33.4. The summed E-state index contributed by atoms with van der Waals surface area (Å²) in [5.74, 6) is 4.47. The summed E-state index contributed by atoms with van der Waals surface area (Å²) in [6, 6.07) is 26.6. The summed E-state index contributed by atoms with van der Waals surface area (Å²) in [4.78, 5) is 24.7. The highest BCUT2D eigenvalue weighted by Crippen LogP contribution is 2.39. The van der Waals surface area contributed by atoms with Crippen LogP contribution in [0.5, 0.6) is 0 Å². The number of hydrogen-bond donors (Lipinski definition) is 0. The molecule has 4 heteroatoms. The highest BCUT2D eigenvalue weighted by molar-refractivity contribution is 5.89. The number of carbonyl (C=O) groups is 1. The van der Waals surface area contributed by atoms with Crippen molar-refractivity contribution in [2.75, 3.05) is 6.61 Å². The van der Waals surface area contributed by atoms with Gasteiger partial charge in [-0.15, -0.1) is 0 Å². The number of hydrogen-bond acceptors (Lipinski definition) is 4. The first-order chi connectivity index (χ1) is 23.6. The monoisotopic (exact) mass is 650 g/mol. The second kappa shape index (κ2) is 19.9. The fraction of sp³-hybridized carbons (Fsp3) is 0.523. The van der Waals surface area contributed by atoms with E-state index < -0.39 is 6.10 Å². The summed E-state index contributed by atoms with van der Waals surface area (Å²) >= 11 is 0. The van der Waals surface area contributed by atoms with Gasteiger partial charge in [-0.3, -0.25) is 0 Å².